The van der Waals surface area contributed by atoms with Crippen LogP contribution in [0.1, 0.15) is 38.5 Å². The Morgan fingerprint density at radius 3 is 2.77 bits per heavy atom. The molecule has 1 N–H and O–H groups in total. The number of aliphatic hydroxyl groups excluding tert-OH is 1. The summed E-state index contributed by atoms with van der Waals surface area (Å²) in [6, 6.07) is 6.61. The van der Waals surface area contributed by atoms with Gasteiger partial charge in [0, 0.05) is 19.7 Å². The standard InChI is InChI=1S/C29H37N5O6/c1-3-15-32(19-34-21-12-8-7-11-20(21)30-31-34)27(37)25-29-14-13-22(40-29)23(28(38)39-18-4-2)24(29)26(36)33(25)16-9-5-6-10-17-35/h3-4,7-8,11-12,22-25,35H,1-2,5-6,9-10,13-19H2/t22-,23+,24-,25?,29?/m0/s1. The first-order valence-electron chi connectivity index (χ1n) is 14.0. The van der Waals surface area contributed by atoms with Crippen molar-refractivity contribution in [3.05, 3.63) is 49.6 Å². The second-order valence-electron chi connectivity index (χ2n) is 10.7. The van der Waals surface area contributed by atoms with Gasteiger partial charge >= 0.3 is 5.97 Å². The fraction of sp³-hybridized carbons (Fsp3) is 0.552. The van der Waals surface area contributed by atoms with Crippen LogP contribution < -0.4 is 0 Å². The Morgan fingerprint density at radius 2 is 2.00 bits per heavy atom. The van der Waals surface area contributed by atoms with Gasteiger partial charge in [-0.25, -0.2) is 4.68 Å². The molecule has 3 saturated heterocycles. The predicted molar refractivity (Wildman–Crippen MR) is 145 cm³/mol. The summed E-state index contributed by atoms with van der Waals surface area (Å²) in [4.78, 5) is 44.8. The van der Waals surface area contributed by atoms with E-state index in [0.717, 1.165) is 18.4 Å². The van der Waals surface area contributed by atoms with E-state index in [1.807, 2.05) is 24.3 Å². The number of aliphatic hydroxyl groups is 1. The van der Waals surface area contributed by atoms with E-state index in [9.17, 15) is 14.4 Å². The fourth-order valence-corrected chi connectivity index (χ4v) is 6.66. The molecule has 3 aliphatic heterocycles. The van der Waals surface area contributed by atoms with Crippen molar-refractivity contribution in [2.24, 2.45) is 11.8 Å². The Kier molecular flexibility index (Phi) is 8.32. The van der Waals surface area contributed by atoms with Gasteiger partial charge in [-0.3, -0.25) is 14.4 Å². The number of para-hydroxylation sites is 1. The maximum atomic E-state index is 14.4. The lowest BCUT2D eigenvalue weighted by atomic mass is 9.70. The Labute approximate surface area is 233 Å². The second kappa shape index (κ2) is 11.9. The summed E-state index contributed by atoms with van der Waals surface area (Å²) in [5.74, 6) is -2.55. The number of amides is 2. The van der Waals surface area contributed by atoms with Crippen molar-refractivity contribution in [1.29, 1.82) is 0 Å². The van der Waals surface area contributed by atoms with Crippen LogP contribution in [0.3, 0.4) is 0 Å². The molecule has 3 fully saturated rings. The van der Waals surface area contributed by atoms with Gasteiger partial charge in [0.15, 0.2) is 0 Å². The maximum Gasteiger partial charge on any atom is 0.312 e. The van der Waals surface area contributed by atoms with Crippen LogP contribution in [-0.4, -0.2) is 91.7 Å². The highest BCUT2D eigenvalue weighted by atomic mass is 16.6. The van der Waals surface area contributed by atoms with Gasteiger partial charge in [0.2, 0.25) is 11.8 Å². The molecule has 0 saturated carbocycles. The highest BCUT2D eigenvalue weighted by molar-refractivity contribution is 5.98. The molecule has 40 heavy (non-hydrogen) atoms. The van der Waals surface area contributed by atoms with Crippen LogP contribution in [0.5, 0.6) is 0 Å². The minimum Gasteiger partial charge on any atom is -0.461 e. The van der Waals surface area contributed by atoms with Gasteiger partial charge in [-0.1, -0.05) is 48.9 Å². The number of likely N-dealkylation sites (tertiary alicyclic amines) is 1. The Balaban J connectivity index is 1.46. The van der Waals surface area contributed by atoms with E-state index in [1.165, 1.54) is 6.08 Å². The van der Waals surface area contributed by atoms with Crippen molar-refractivity contribution >= 4 is 28.8 Å². The molecule has 1 aromatic heterocycles. The zero-order valence-electron chi connectivity index (χ0n) is 22.7. The molecule has 1 spiro atoms. The summed E-state index contributed by atoms with van der Waals surface area (Å²) in [6.45, 7) is 8.33. The molecule has 2 amide bonds. The molecule has 11 nitrogen and oxygen atoms in total. The van der Waals surface area contributed by atoms with E-state index >= 15 is 0 Å². The number of esters is 1. The third-order valence-corrected chi connectivity index (χ3v) is 8.34. The SMILES string of the molecule is C=CCOC(=O)[C@@H]1[C@@H]2CCC3(O2)C(C(=O)N(CC=C)Cn2nnc4ccccc42)N(CCCCCCO)C(=O)[C@H]13. The highest BCUT2D eigenvalue weighted by Crippen LogP contribution is 2.58. The lowest BCUT2D eigenvalue weighted by Crippen LogP contribution is -2.56. The molecular weight excluding hydrogens is 514 g/mol. The smallest absolute Gasteiger partial charge is 0.312 e. The molecule has 0 radical (unpaired) electrons. The number of benzene rings is 1. The Hall–Kier alpha value is -3.57. The van der Waals surface area contributed by atoms with Crippen LogP contribution in [0.25, 0.3) is 11.0 Å². The normalized spacial score (nSPS) is 26.7. The molecule has 1 aromatic carbocycles. The number of unbranched alkanes of at least 4 members (excludes halogenated alkanes) is 3. The van der Waals surface area contributed by atoms with Crippen LogP contribution in [0.4, 0.5) is 0 Å². The monoisotopic (exact) mass is 551 g/mol. The van der Waals surface area contributed by atoms with Crippen LogP contribution >= 0.6 is 0 Å². The van der Waals surface area contributed by atoms with E-state index in [1.54, 1.807) is 20.6 Å². The van der Waals surface area contributed by atoms with Crippen molar-refractivity contribution in [3.8, 4) is 0 Å². The summed E-state index contributed by atoms with van der Waals surface area (Å²) >= 11 is 0. The van der Waals surface area contributed by atoms with E-state index in [2.05, 4.69) is 23.5 Å². The lowest BCUT2D eigenvalue weighted by molar-refractivity contribution is -0.154. The van der Waals surface area contributed by atoms with Crippen molar-refractivity contribution < 1.29 is 29.0 Å². The topological polar surface area (TPSA) is 127 Å². The number of nitrogens with zero attached hydrogens (tertiary/aromatic N) is 5. The first kappa shape index (κ1) is 28.0. The summed E-state index contributed by atoms with van der Waals surface area (Å²) in [6.07, 6.45) is 6.72. The minimum atomic E-state index is -1.11. The van der Waals surface area contributed by atoms with E-state index in [0.29, 0.717) is 37.7 Å². The Bertz CT molecular complexity index is 1280. The first-order valence-corrected chi connectivity index (χ1v) is 14.0. The van der Waals surface area contributed by atoms with Gasteiger partial charge in [0.05, 0.1) is 23.5 Å². The van der Waals surface area contributed by atoms with Gasteiger partial charge < -0.3 is 24.4 Å². The molecule has 2 unspecified atom stereocenters. The average Bonchev–Trinajstić information content (AvgIpc) is 3.71. The zero-order chi connectivity index (χ0) is 28.3. The third kappa shape index (κ3) is 4.81. The molecule has 5 rings (SSSR count). The van der Waals surface area contributed by atoms with Gasteiger partial charge in [-0.05, 0) is 37.8 Å². The molecule has 2 aromatic rings. The summed E-state index contributed by atoms with van der Waals surface area (Å²) in [5.41, 5.74) is 0.393. The van der Waals surface area contributed by atoms with Gasteiger partial charge in [0.25, 0.3) is 0 Å². The second-order valence-corrected chi connectivity index (χ2v) is 10.7. The summed E-state index contributed by atoms with van der Waals surface area (Å²) in [5, 5.41) is 17.6. The maximum absolute atomic E-state index is 14.4. The van der Waals surface area contributed by atoms with Crippen LogP contribution in [0.15, 0.2) is 49.6 Å². The molecule has 11 heteroatoms. The molecule has 214 valence electrons. The van der Waals surface area contributed by atoms with E-state index < -0.39 is 35.6 Å². The van der Waals surface area contributed by atoms with Crippen LogP contribution in [0, 0.1) is 11.8 Å². The van der Waals surface area contributed by atoms with Gasteiger partial charge in [-0.15, -0.1) is 11.7 Å². The third-order valence-electron chi connectivity index (χ3n) is 8.34. The Morgan fingerprint density at radius 1 is 1.20 bits per heavy atom. The quantitative estimate of drug-likeness (QED) is 0.215. The van der Waals surface area contributed by atoms with Gasteiger partial charge in [-0.2, -0.15) is 0 Å². The van der Waals surface area contributed by atoms with Crippen molar-refractivity contribution in [2.45, 2.75) is 62.9 Å². The van der Waals surface area contributed by atoms with Crippen molar-refractivity contribution in [2.75, 3.05) is 26.3 Å². The number of hydrogen-bond acceptors (Lipinski definition) is 8. The largest absolute Gasteiger partial charge is 0.461 e. The van der Waals surface area contributed by atoms with E-state index in [-0.39, 0.29) is 38.2 Å². The minimum absolute atomic E-state index is 0.0475. The average molecular weight is 552 g/mol. The number of hydrogen-bond donors (Lipinski definition) is 1. The lowest BCUT2D eigenvalue weighted by Gasteiger charge is -2.36. The molecule has 5 atom stereocenters. The van der Waals surface area contributed by atoms with E-state index in [4.69, 9.17) is 14.6 Å². The van der Waals surface area contributed by atoms with Crippen LogP contribution in [0.2, 0.25) is 0 Å². The fourth-order valence-electron chi connectivity index (χ4n) is 6.66. The summed E-state index contributed by atoms with van der Waals surface area (Å²) in [7, 11) is 0. The molecule has 2 bridgehead atoms. The van der Waals surface area contributed by atoms with Crippen LogP contribution in [-0.2, 0) is 30.5 Å². The number of ether oxygens (including phenoxy) is 2. The predicted octanol–water partition coefficient (Wildman–Crippen LogP) is 2.06. The number of rotatable bonds is 14. The first-order chi connectivity index (χ1) is 19.5. The van der Waals surface area contributed by atoms with Crippen molar-refractivity contribution in [3.63, 3.8) is 0 Å². The number of aromatic nitrogens is 3. The molecule has 4 heterocycles. The molecular formula is C29H37N5O6. The highest BCUT2D eigenvalue weighted by Gasteiger charge is 2.75. The van der Waals surface area contributed by atoms with Gasteiger partial charge in [0.1, 0.15) is 30.4 Å². The molecule has 0 aliphatic carbocycles. The number of carbonyl (C=O) groups excluding carboxylic acids is 3. The zero-order valence-corrected chi connectivity index (χ0v) is 22.7. The number of fused-ring (bicyclic) bond motifs is 2. The number of carbonyl (C=O) groups is 3. The molecule has 3 aliphatic rings. The summed E-state index contributed by atoms with van der Waals surface area (Å²) < 4.78 is 13.5. The van der Waals surface area contributed by atoms with Crippen molar-refractivity contribution in [1.82, 2.24) is 24.8 Å².